The van der Waals surface area contributed by atoms with Gasteiger partial charge in [-0.15, -0.1) is 0 Å². The topological polar surface area (TPSA) is 193 Å². The second kappa shape index (κ2) is 23.4. The maximum atomic E-state index is 13.9. The summed E-state index contributed by atoms with van der Waals surface area (Å²) in [6, 6.07) is 32.7. The van der Waals surface area contributed by atoms with Crippen molar-refractivity contribution in [2.45, 2.75) is 31.5 Å². The van der Waals surface area contributed by atoms with Crippen LogP contribution in [0, 0.1) is 0 Å². The van der Waals surface area contributed by atoms with Gasteiger partial charge >= 0.3 is 11.9 Å². The molecule has 0 radical (unpaired) electrons. The Hall–Kier alpha value is -6.66. The molecule has 2 aliphatic heterocycles. The van der Waals surface area contributed by atoms with Gasteiger partial charge in [-0.25, -0.2) is 19.6 Å². The maximum Gasteiger partial charge on any atom is 0.354 e. The smallest absolute Gasteiger partial charge is 0.354 e. The minimum atomic E-state index is -1.15. The average molecular weight is 925 g/mol. The van der Waals surface area contributed by atoms with Crippen LogP contribution in [0.1, 0.15) is 83.4 Å². The Labute approximate surface area is 395 Å². The zero-order valence-corrected chi connectivity index (χ0v) is 37.8. The molecule has 0 saturated carbocycles. The number of anilines is 1. The Balaban J connectivity index is 0.903. The van der Waals surface area contributed by atoms with E-state index in [1.54, 1.807) is 36.4 Å². The summed E-state index contributed by atoms with van der Waals surface area (Å²) < 4.78 is 23.9. The van der Waals surface area contributed by atoms with Crippen LogP contribution in [0.15, 0.2) is 115 Å². The fraction of sp³-hybridized carbons (Fsp3) is 0.346. The highest BCUT2D eigenvalue weighted by molar-refractivity contribution is 6.01. The summed E-state index contributed by atoms with van der Waals surface area (Å²) >= 11 is 0. The van der Waals surface area contributed by atoms with E-state index in [9.17, 15) is 29.4 Å². The third kappa shape index (κ3) is 12.5. The molecule has 16 heteroatoms. The van der Waals surface area contributed by atoms with Crippen LogP contribution in [0.3, 0.4) is 0 Å². The highest BCUT2D eigenvalue weighted by atomic mass is 16.5. The predicted octanol–water partition coefficient (Wildman–Crippen LogP) is 5.69. The number of benzene rings is 3. The highest BCUT2D eigenvalue weighted by Crippen LogP contribution is 2.51. The molecule has 3 aromatic carbocycles. The Morgan fingerprint density at radius 3 is 1.97 bits per heavy atom. The molecule has 1 saturated heterocycles. The molecule has 3 aliphatic rings. The number of nitrogens with zero attached hydrogens (tertiary/aromatic N) is 5. The van der Waals surface area contributed by atoms with E-state index in [1.165, 1.54) is 23.3 Å². The number of carboxylic acids is 2. The molecule has 354 valence electrons. The minimum Gasteiger partial charge on any atom is -0.477 e. The summed E-state index contributed by atoms with van der Waals surface area (Å²) in [6.45, 7) is 5.87. The molecule has 2 atom stereocenters. The first kappa shape index (κ1) is 47.8. The monoisotopic (exact) mass is 924 g/mol. The molecule has 3 N–H and O–H groups in total. The number of hydrogen-bond acceptors (Lipinski definition) is 12. The summed E-state index contributed by atoms with van der Waals surface area (Å²) in [5, 5.41) is 22.2. The number of fused-ring (bicyclic) bond motifs is 5. The Morgan fingerprint density at radius 1 is 0.662 bits per heavy atom. The van der Waals surface area contributed by atoms with Gasteiger partial charge in [-0.1, -0.05) is 72.8 Å². The van der Waals surface area contributed by atoms with Gasteiger partial charge in [-0.05, 0) is 64.7 Å². The van der Waals surface area contributed by atoms with Crippen molar-refractivity contribution in [3.05, 3.63) is 166 Å². The molecule has 5 aromatic rings. The van der Waals surface area contributed by atoms with E-state index in [-0.39, 0.29) is 42.1 Å². The number of aromatic nitrogens is 2. The summed E-state index contributed by atoms with van der Waals surface area (Å²) in [7, 11) is 0. The molecule has 8 rings (SSSR count). The summed E-state index contributed by atoms with van der Waals surface area (Å²) in [4.78, 5) is 65.9. The van der Waals surface area contributed by atoms with E-state index in [1.807, 2.05) is 47.4 Å². The third-order valence-corrected chi connectivity index (χ3v) is 12.2. The molecule has 2 unspecified atom stereocenters. The summed E-state index contributed by atoms with van der Waals surface area (Å²) in [5.74, 6) is -2.38. The van der Waals surface area contributed by atoms with E-state index in [4.69, 9.17) is 18.9 Å². The number of nitrogens with one attached hydrogen (secondary N) is 1. The van der Waals surface area contributed by atoms with Gasteiger partial charge in [0.15, 0.2) is 0 Å². The Bertz CT molecular complexity index is 2570. The fourth-order valence-electron chi connectivity index (χ4n) is 8.64. The fourth-order valence-corrected chi connectivity index (χ4v) is 8.64. The number of hydrogen-bond donors (Lipinski definition) is 3. The standard InChI is InChI=1S/C52H56N6O10/c59-48(58-34-38-7-1-2-9-40(38)42-33-43(42)41-10-3-4-14-47(41)58)19-20-53-50(60)37-17-15-36(16-18-37)49(44-11-6-13-46(55-44)52(63)64)57-23-27-67-31-29-65-25-21-56(22-26-66-30-32-68-28-24-57)35-39-8-5-12-45(54-39)51(61)62/h1-18,33,42,49H,19-32,34-35H2,(H,53,60)(H,61,62)(H,63,64). The number of para-hydroxylation sites is 1. The van der Waals surface area contributed by atoms with Crippen molar-refractivity contribution in [3.63, 3.8) is 0 Å². The SMILES string of the molecule is O=C(NCCC(=O)N1Cc2ccccc2C2C=C2c2ccccc21)c1ccc(C(c2cccc(C(=O)O)n2)N2CCOCCOCCN(Cc3cccc(C(=O)O)n3)CCOCCOCC2)cc1. The zero-order chi connectivity index (χ0) is 47.2. The lowest BCUT2D eigenvalue weighted by Crippen LogP contribution is -2.37. The van der Waals surface area contributed by atoms with Crippen LogP contribution < -0.4 is 10.2 Å². The predicted molar refractivity (Wildman–Crippen MR) is 253 cm³/mol. The number of carboxylic acid groups (broad SMARTS) is 2. The molecule has 68 heavy (non-hydrogen) atoms. The first-order chi connectivity index (χ1) is 33.2. The van der Waals surface area contributed by atoms with Gasteiger partial charge in [-0.3, -0.25) is 19.4 Å². The molecule has 2 amide bonds. The first-order valence-electron chi connectivity index (χ1n) is 23.0. The molecular formula is C52H56N6O10. The van der Waals surface area contributed by atoms with Gasteiger partial charge in [-0.2, -0.15) is 0 Å². The van der Waals surface area contributed by atoms with Crippen LogP contribution in [0.25, 0.3) is 5.57 Å². The third-order valence-electron chi connectivity index (χ3n) is 12.2. The minimum absolute atomic E-state index is 0.00656. The molecule has 2 aromatic heterocycles. The van der Waals surface area contributed by atoms with Crippen LogP contribution in [-0.2, 0) is 36.8 Å². The van der Waals surface area contributed by atoms with Crippen LogP contribution in [0.2, 0.25) is 0 Å². The second-order valence-corrected chi connectivity index (χ2v) is 16.7. The number of rotatable bonds is 11. The lowest BCUT2D eigenvalue weighted by atomic mass is 9.94. The molecule has 1 aliphatic carbocycles. The van der Waals surface area contributed by atoms with Crippen LogP contribution >= 0.6 is 0 Å². The van der Waals surface area contributed by atoms with Crippen molar-refractivity contribution < 1.29 is 48.3 Å². The second-order valence-electron chi connectivity index (χ2n) is 16.7. The maximum absolute atomic E-state index is 13.9. The van der Waals surface area contributed by atoms with Crippen molar-refractivity contribution in [2.75, 3.05) is 90.5 Å². The van der Waals surface area contributed by atoms with Gasteiger partial charge < -0.3 is 39.4 Å². The summed E-state index contributed by atoms with van der Waals surface area (Å²) in [6.07, 6.45) is 2.35. The van der Waals surface area contributed by atoms with Gasteiger partial charge in [0.25, 0.3) is 5.91 Å². The number of aromatic carboxylic acids is 2. The van der Waals surface area contributed by atoms with Crippen LogP contribution in [-0.4, -0.2) is 139 Å². The molecule has 16 nitrogen and oxygen atoms in total. The van der Waals surface area contributed by atoms with E-state index in [2.05, 4.69) is 49.4 Å². The quantitative estimate of drug-likeness (QED) is 0.146. The Kier molecular flexibility index (Phi) is 16.4. The number of amides is 2. The Morgan fingerprint density at radius 2 is 1.28 bits per heavy atom. The zero-order valence-electron chi connectivity index (χ0n) is 37.8. The molecular weight excluding hydrogens is 869 g/mol. The largest absolute Gasteiger partial charge is 0.477 e. The van der Waals surface area contributed by atoms with Crippen molar-refractivity contribution in [3.8, 4) is 0 Å². The number of carbonyl (C=O) groups excluding carboxylic acids is 2. The lowest BCUT2D eigenvalue weighted by molar-refractivity contribution is -0.118. The van der Waals surface area contributed by atoms with Gasteiger partial charge in [0.1, 0.15) is 11.4 Å². The lowest BCUT2D eigenvalue weighted by Gasteiger charge is -2.32. The van der Waals surface area contributed by atoms with Crippen molar-refractivity contribution in [1.29, 1.82) is 0 Å². The normalized spacial score (nSPS) is 18.1. The average Bonchev–Trinajstić information content (AvgIpc) is 4.14. The van der Waals surface area contributed by atoms with Gasteiger partial charge in [0.2, 0.25) is 5.91 Å². The van der Waals surface area contributed by atoms with E-state index in [0.717, 1.165) is 22.4 Å². The number of pyridine rings is 2. The van der Waals surface area contributed by atoms with Gasteiger partial charge in [0.05, 0.1) is 82.5 Å². The van der Waals surface area contributed by atoms with Crippen LogP contribution in [0.5, 0.6) is 0 Å². The number of carbonyl (C=O) groups is 4. The van der Waals surface area contributed by atoms with Crippen molar-refractivity contribution in [1.82, 2.24) is 25.1 Å². The van der Waals surface area contributed by atoms with Crippen molar-refractivity contribution >= 4 is 35.0 Å². The van der Waals surface area contributed by atoms with Gasteiger partial charge in [0, 0.05) is 62.7 Å². The molecule has 0 spiro atoms. The summed E-state index contributed by atoms with van der Waals surface area (Å²) in [5.41, 5.74) is 7.69. The van der Waals surface area contributed by atoms with E-state index < -0.39 is 18.0 Å². The number of ether oxygens (including phenoxy) is 4. The highest BCUT2D eigenvalue weighted by Gasteiger charge is 2.35. The number of allylic oxidation sites excluding steroid dienone is 2. The molecule has 0 bridgehead atoms. The van der Waals surface area contributed by atoms with Crippen LogP contribution in [0.4, 0.5) is 5.69 Å². The molecule has 1 fully saturated rings. The molecule has 4 heterocycles. The van der Waals surface area contributed by atoms with E-state index >= 15 is 0 Å². The van der Waals surface area contributed by atoms with E-state index in [0.29, 0.717) is 109 Å². The first-order valence-corrected chi connectivity index (χ1v) is 23.0. The van der Waals surface area contributed by atoms with Crippen molar-refractivity contribution in [2.24, 2.45) is 0 Å².